The number of halogens is 1. The number of benzene rings is 2. The van der Waals surface area contributed by atoms with E-state index in [-0.39, 0.29) is 23.9 Å². The number of nitro benzene ring substituents is 1. The number of guanidine groups is 1. The van der Waals surface area contributed by atoms with Crippen molar-refractivity contribution in [3.05, 3.63) is 86.8 Å². The number of nitro groups is 1. The van der Waals surface area contributed by atoms with Gasteiger partial charge in [-0.1, -0.05) is 23.7 Å². The molecule has 0 saturated heterocycles. The summed E-state index contributed by atoms with van der Waals surface area (Å²) in [5.41, 5.74) is 7.45. The third-order valence-corrected chi connectivity index (χ3v) is 5.10. The molecular weight excluding hydrogens is 436 g/mol. The van der Waals surface area contributed by atoms with Gasteiger partial charge in [-0.3, -0.25) is 19.8 Å². The summed E-state index contributed by atoms with van der Waals surface area (Å²) in [5.74, 6) is 1.17. The lowest BCUT2D eigenvalue weighted by atomic mass is 10.1. The Bertz CT molecular complexity index is 1260. The van der Waals surface area contributed by atoms with E-state index in [4.69, 9.17) is 26.5 Å². The summed E-state index contributed by atoms with van der Waals surface area (Å²) in [4.78, 5) is 28.5. The van der Waals surface area contributed by atoms with Crippen LogP contribution in [0.4, 0.5) is 5.69 Å². The Balaban J connectivity index is 1.51. The molecule has 0 saturated carbocycles. The SMILES string of the molecule is COc1ccc(-c2ccc(/C=C3/N=C(N)N(Cc4ccc([N+](=O)[O-])cc4)C3=O)o2)cc1Cl. The largest absolute Gasteiger partial charge is 0.495 e. The van der Waals surface area contributed by atoms with Gasteiger partial charge in [0.05, 0.1) is 23.6 Å². The number of ether oxygens (including phenoxy) is 1. The lowest BCUT2D eigenvalue weighted by Crippen LogP contribution is -2.36. The number of amides is 1. The van der Waals surface area contributed by atoms with Crippen molar-refractivity contribution in [2.45, 2.75) is 6.54 Å². The summed E-state index contributed by atoms with van der Waals surface area (Å²) in [7, 11) is 1.54. The average Bonchev–Trinajstić information content (AvgIpc) is 3.34. The van der Waals surface area contributed by atoms with Crippen LogP contribution in [0.25, 0.3) is 17.4 Å². The minimum Gasteiger partial charge on any atom is -0.495 e. The van der Waals surface area contributed by atoms with Gasteiger partial charge in [-0.2, -0.15) is 0 Å². The first-order valence-electron chi connectivity index (χ1n) is 9.40. The highest BCUT2D eigenvalue weighted by atomic mass is 35.5. The topological polar surface area (TPSA) is 124 Å². The van der Waals surface area contributed by atoms with E-state index in [1.54, 1.807) is 36.4 Å². The second-order valence-corrected chi connectivity index (χ2v) is 7.27. The fraction of sp³-hybridized carbons (Fsp3) is 0.0909. The van der Waals surface area contributed by atoms with E-state index in [0.29, 0.717) is 27.9 Å². The highest BCUT2D eigenvalue weighted by Crippen LogP contribution is 2.31. The Morgan fingerprint density at radius 1 is 1.22 bits per heavy atom. The number of aliphatic imine (C=N–C) groups is 1. The number of hydrogen-bond donors (Lipinski definition) is 1. The van der Waals surface area contributed by atoms with Crippen molar-refractivity contribution < 1.29 is 18.9 Å². The summed E-state index contributed by atoms with van der Waals surface area (Å²) < 4.78 is 11.0. The van der Waals surface area contributed by atoms with E-state index in [0.717, 1.165) is 5.56 Å². The molecule has 2 heterocycles. The number of nitrogens with zero attached hydrogens (tertiary/aromatic N) is 3. The zero-order valence-corrected chi connectivity index (χ0v) is 17.6. The van der Waals surface area contributed by atoms with Gasteiger partial charge < -0.3 is 14.9 Å². The molecule has 0 radical (unpaired) electrons. The van der Waals surface area contributed by atoms with Crippen LogP contribution in [0.5, 0.6) is 5.75 Å². The molecule has 0 spiro atoms. The van der Waals surface area contributed by atoms with E-state index in [1.807, 2.05) is 6.07 Å². The lowest BCUT2D eigenvalue weighted by Gasteiger charge is -2.15. The molecule has 0 fully saturated rings. The van der Waals surface area contributed by atoms with Crippen LogP contribution in [0.3, 0.4) is 0 Å². The van der Waals surface area contributed by atoms with Crippen molar-refractivity contribution in [2.75, 3.05) is 7.11 Å². The number of furan rings is 1. The lowest BCUT2D eigenvalue weighted by molar-refractivity contribution is -0.384. The van der Waals surface area contributed by atoms with Gasteiger partial charge in [0.25, 0.3) is 11.6 Å². The Morgan fingerprint density at radius 2 is 1.97 bits per heavy atom. The molecule has 1 amide bonds. The Labute approximate surface area is 187 Å². The van der Waals surface area contributed by atoms with Gasteiger partial charge in [0, 0.05) is 23.8 Å². The molecule has 0 aliphatic carbocycles. The molecule has 0 atom stereocenters. The molecule has 2 aromatic carbocycles. The molecular formula is C22H17ClN4O5. The van der Waals surface area contributed by atoms with E-state index < -0.39 is 10.8 Å². The first-order valence-corrected chi connectivity index (χ1v) is 9.78. The summed E-state index contributed by atoms with van der Waals surface area (Å²) in [6.45, 7) is 0.136. The third-order valence-electron chi connectivity index (χ3n) is 4.81. The first kappa shape index (κ1) is 21.1. The van der Waals surface area contributed by atoms with E-state index in [9.17, 15) is 14.9 Å². The molecule has 0 bridgehead atoms. The molecule has 3 aromatic rings. The summed E-state index contributed by atoms with van der Waals surface area (Å²) in [5, 5.41) is 11.2. The summed E-state index contributed by atoms with van der Waals surface area (Å²) >= 11 is 6.17. The van der Waals surface area contributed by atoms with Gasteiger partial charge in [-0.15, -0.1) is 0 Å². The molecule has 2 N–H and O–H groups in total. The Hall–Kier alpha value is -4.11. The molecule has 10 heteroatoms. The zero-order chi connectivity index (χ0) is 22.8. The van der Waals surface area contributed by atoms with Crippen LogP contribution in [-0.4, -0.2) is 28.8 Å². The fourth-order valence-corrected chi connectivity index (χ4v) is 3.42. The van der Waals surface area contributed by atoms with E-state index >= 15 is 0 Å². The van der Waals surface area contributed by atoms with Crippen molar-refractivity contribution >= 4 is 35.2 Å². The smallest absolute Gasteiger partial charge is 0.279 e. The standard InChI is InChI=1S/C22H17ClN4O5/c1-31-20-8-4-14(10-17(20)23)19-9-7-16(32-19)11-18-21(28)26(22(24)25-18)12-13-2-5-15(6-3-13)27(29)30/h2-11H,12H2,1H3,(H2,24,25)/b18-11+. The molecule has 1 aromatic heterocycles. The predicted molar refractivity (Wildman–Crippen MR) is 119 cm³/mol. The number of non-ortho nitro benzene ring substituents is 1. The summed E-state index contributed by atoms with van der Waals surface area (Å²) in [6, 6.07) is 14.6. The minimum atomic E-state index is -0.487. The predicted octanol–water partition coefficient (Wildman–Crippen LogP) is 4.21. The minimum absolute atomic E-state index is 0.0320. The maximum Gasteiger partial charge on any atom is 0.279 e. The van der Waals surface area contributed by atoms with Crippen LogP contribution in [0.15, 0.2) is 69.7 Å². The number of hydrogen-bond acceptors (Lipinski definition) is 7. The number of carbonyl (C=O) groups excluding carboxylic acids is 1. The molecule has 4 rings (SSSR count). The van der Waals surface area contributed by atoms with Crippen LogP contribution in [0.1, 0.15) is 11.3 Å². The van der Waals surface area contributed by atoms with Gasteiger partial charge in [0.2, 0.25) is 5.96 Å². The van der Waals surface area contributed by atoms with Crippen molar-refractivity contribution in [2.24, 2.45) is 10.7 Å². The summed E-state index contributed by atoms with van der Waals surface area (Å²) in [6.07, 6.45) is 1.50. The van der Waals surface area contributed by atoms with E-state index in [2.05, 4.69) is 4.99 Å². The molecule has 162 valence electrons. The van der Waals surface area contributed by atoms with Gasteiger partial charge in [-0.25, -0.2) is 4.99 Å². The molecule has 1 aliphatic rings. The van der Waals surface area contributed by atoms with Crippen LogP contribution in [0.2, 0.25) is 5.02 Å². The molecule has 9 nitrogen and oxygen atoms in total. The average molecular weight is 453 g/mol. The van der Waals surface area contributed by atoms with Crippen molar-refractivity contribution in [1.29, 1.82) is 0 Å². The fourth-order valence-electron chi connectivity index (χ4n) is 3.17. The maximum atomic E-state index is 12.8. The van der Waals surface area contributed by atoms with Crippen LogP contribution in [-0.2, 0) is 11.3 Å². The number of rotatable bonds is 6. The Kier molecular flexibility index (Phi) is 5.65. The monoisotopic (exact) mass is 452 g/mol. The van der Waals surface area contributed by atoms with Crippen molar-refractivity contribution in [3.63, 3.8) is 0 Å². The van der Waals surface area contributed by atoms with Gasteiger partial charge in [0.15, 0.2) is 0 Å². The number of methoxy groups -OCH3 is 1. The quantitative estimate of drug-likeness (QED) is 0.339. The van der Waals surface area contributed by atoms with E-state index in [1.165, 1.54) is 30.2 Å². The normalized spacial score (nSPS) is 14.7. The number of nitrogens with two attached hydrogens (primary N) is 1. The highest BCUT2D eigenvalue weighted by Gasteiger charge is 2.29. The molecule has 1 aliphatic heterocycles. The highest BCUT2D eigenvalue weighted by molar-refractivity contribution is 6.32. The first-order chi connectivity index (χ1) is 15.4. The second-order valence-electron chi connectivity index (χ2n) is 6.87. The van der Waals surface area contributed by atoms with Crippen LogP contribution >= 0.6 is 11.6 Å². The van der Waals surface area contributed by atoms with Crippen molar-refractivity contribution in [3.8, 4) is 17.1 Å². The Morgan fingerprint density at radius 3 is 2.62 bits per heavy atom. The van der Waals surface area contributed by atoms with Gasteiger partial charge in [-0.05, 0) is 35.9 Å². The zero-order valence-electron chi connectivity index (χ0n) is 16.8. The van der Waals surface area contributed by atoms with Crippen LogP contribution in [0, 0.1) is 10.1 Å². The van der Waals surface area contributed by atoms with Crippen LogP contribution < -0.4 is 10.5 Å². The molecule has 32 heavy (non-hydrogen) atoms. The maximum absolute atomic E-state index is 12.8. The van der Waals surface area contributed by atoms with Gasteiger partial charge >= 0.3 is 0 Å². The third kappa shape index (κ3) is 4.19. The van der Waals surface area contributed by atoms with Crippen molar-refractivity contribution in [1.82, 2.24) is 4.90 Å². The number of carbonyl (C=O) groups is 1. The molecule has 0 unspecified atom stereocenters. The van der Waals surface area contributed by atoms with Gasteiger partial charge in [0.1, 0.15) is 23.0 Å². The second kappa shape index (κ2) is 8.56.